The van der Waals surface area contributed by atoms with E-state index in [9.17, 15) is 0 Å². The highest BCUT2D eigenvalue weighted by Gasteiger charge is 2.13. The zero-order chi connectivity index (χ0) is 14.3. The van der Waals surface area contributed by atoms with Crippen molar-refractivity contribution in [2.45, 2.75) is 59.1 Å². The molecule has 1 aromatic rings. The average Bonchev–Trinajstić information content (AvgIpc) is 2.42. The van der Waals surface area contributed by atoms with Crippen molar-refractivity contribution in [3.05, 3.63) is 34.9 Å². The van der Waals surface area contributed by atoms with Crippen molar-refractivity contribution in [1.82, 2.24) is 5.32 Å². The Kier molecular flexibility index (Phi) is 7.11. The number of nitrogens with one attached hydrogen (secondary N) is 1. The summed E-state index contributed by atoms with van der Waals surface area (Å²) in [6.07, 6.45) is 3.71. The highest BCUT2D eigenvalue weighted by Crippen LogP contribution is 2.22. The van der Waals surface area contributed by atoms with Gasteiger partial charge in [-0.05, 0) is 63.3 Å². The summed E-state index contributed by atoms with van der Waals surface area (Å²) in [5.74, 6) is 0. The van der Waals surface area contributed by atoms with Crippen LogP contribution in [-0.2, 0) is 4.74 Å². The summed E-state index contributed by atoms with van der Waals surface area (Å²) in [7, 11) is 1.79. The third-order valence-electron chi connectivity index (χ3n) is 3.84. The van der Waals surface area contributed by atoms with E-state index in [1.165, 1.54) is 23.1 Å². The lowest BCUT2D eigenvalue weighted by Gasteiger charge is -2.21. The molecule has 0 aliphatic carbocycles. The molecule has 1 aromatic carbocycles. The molecule has 108 valence electrons. The Morgan fingerprint density at radius 1 is 1.16 bits per heavy atom. The minimum Gasteiger partial charge on any atom is -0.382 e. The Bertz CT molecular complexity index is 376. The van der Waals surface area contributed by atoms with E-state index in [-0.39, 0.29) is 0 Å². The minimum atomic E-state index is 0.331. The van der Waals surface area contributed by atoms with Crippen molar-refractivity contribution < 1.29 is 4.74 Å². The molecule has 0 aromatic heterocycles. The molecule has 0 bridgehead atoms. The average molecular weight is 263 g/mol. The van der Waals surface area contributed by atoms with Gasteiger partial charge in [0, 0.05) is 13.2 Å². The second-order valence-electron chi connectivity index (χ2n) is 5.47. The zero-order valence-corrected chi connectivity index (χ0v) is 13.1. The Morgan fingerprint density at radius 2 is 1.89 bits per heavy atom. The number of hydrogen-bond acceptors (Lipinski definition) is 2. The van der Waals surface area contributed by atoms with Gasteiger partial charge in [0.05, 0.1) is 6.10 Å². The van der Waals surface area contributed by atoms with Crippen LogP contribution in [0, 0.1) is 13.8 Å². The van der Waals surface area contributed by atoms with Gasteiger partial charge in [-0.3, -0.25) is 0 Å². The van der Waals surface area contributed by atoms with Crippen LogP contribution in [0.3, 0.4) is 0 Å². The molecule has 0 aliphatic heterocycles. The summed E-state index contributed by atoms with van der Waals surface area (Å²) >= 11 is 0. The molecule has 19 heavy (non-hydrogen) atoms. The maximum atomic E-state index is 5.36. The standard InChI is InChI=1S/C17H29NO/c1-6-11-18-17(10-8-15(4)19-5)16-9-7-13(2)14(3)12-16/h7,9,12,15,17-18H,6,8,10-11H2,1-5H3. The van der Waals surface area contributed by atoms with Gasteiger partial charge in [0.15, 0.2) is 0 Å². The van der Waals surface area contributed by atoms with E-state index < -0.39 is 0 Å². The lowest BCUT2D eigenvalue weighted by atomic mass is 9.97. The molecule has 0 aliphatic rings. The number of hydrogen-bond donors (Lipinski definition) is 1. The smallest absolute Gasteiger partial charge is 0.0543 e. The van der Waals surface area contributed by atoms with Gasteiger partial charge in [-0.2, -0.15) is 0 Å². The van der Waals surface area contributed by atoms with Crippen LogP contribution < -0.4 is 5.32 Å². The second-order valence-corrected chi connectivity index (χ2v) is 5.47. The van der Waals surface area contributed by atoms with Gasteiger partial charge in [0.1, 0.15) is 0 Å². The van der Waals surface area contributed by atoms with Crippen molar-refractivity contribution in [1.29, 1.82) is 0 Å². The van der Waals surface area contributed by atoms with Crippen LogP contribution >= 0.6 is 0 Å². The van der Waals surface area contributed by atoms with Gasteiger partial charge < -0.3 is 10.1 Å². The fourth-order valence-corrected chi connectivity index (χ4v) is 2.21. The van der Waals surface area contributed by atoms with Gasteiger partial charge in [-0.25, -0.2) is 0 Å². The summed E-state index contributed by atoms with van der Waals surface area (Å²) in [6.45, 7) is 9.77. The number of aryl methyl sites for hydroxylation is 2. The Balaban J connectivity index is 2.73. The van der Waals surface area contributed by atoms with E-state index in [1.54, 1.807) is 7.11 Å². The van der Waals surface area contributed by atoms with Crippen molar-refractivity contribution in [3.8, 4) is 0 Å². The SMILES string of the molecule is CCCNC(CCC(C)OC)c1ccc(C)c(C)c1. The number of ether oxygens (including phenoxy) is 1. The summed E-state index contributed by atoms with van der Waals surface area (Å²) in [4.78, 5) is 0. The largest absolute Gasteiger partial charge is 0.382 e. The molecular weight excluding hydrogens is 234 g/mol. The highest BCUT2D eigenvalue weighted by atomic mass is 16.5. The van der Waals surface area contributed by atoms with E-state index in [4.69, 9.17) is 4.74 Å². The highest BCUT2D eigenvalue weighted by molar-refractivity contribution is 5.31. The first-order chi connectivity index (χ1) is 9.08. The van der Waals surface area contributed by atoms with Crippen molar-refractivity contribution in [2.24, 2.45) is 0 Å². The van der Waals surface area contributed by atoms with Crippen LogP contribution in [0.5, 0.6) is 0 Å². The summed E-state index contributed by atoms with van der Waals surface area (Å²) < 4.78 is 5.36. The molecule has 0 fully saturated rings. The first kappa shape index (κ1) is 16.2. The predicted octanol–water partition coefficient (Wildman–Crippen LogP) is 4.16. The van der Waals surface area contributed by atoms with Crippen LogP contribution in [0.25, 0.3) is 0 Å². The third-order valence-corrected chi connectivity index (χ3v) is 3.84. The first-order valence-corrected chi connectivity index (χ1v) is 7.41. The Morgan fingerprint density at radius 3 is 2.47 bits per heavy atom. The molecule has 2 heteroatoms. The summed E-state index contributed by atoms with van der Waals surface area (Å²) in [5.41, 5.74) is 4.14. The third kappa shape index (κ3) is 5.33. The van der Waals surface area contributed by atoms with Gasteiger partial charge in [-0.15, -0.1) is 0 Å². The second kappa shape index (κ2) is 8.34. The van der Waals surface area contributed by atoms with Crippen LogP contribution in [0.2, 0.25) is 0 Å². The molecule has 0 saturated heterocycles. The molecule has 2 nitrogen and oxygen atoms in total. The van der Waals surface area contributed by atoms with Crippen LogP contribution in [0.15, 0.2) is 18.2 Å². The molecule has 0 heterocycles. The normalized spacial score (nSPS) is 14.4. The molecule has 0 amide bonds. The van der Waals surface area contributed by atoms with Crippen molar-refractivity contribution in [2.75, 3.05) is 13.7 Å². The number of rotatable bonds is 8. The maximum absolute atomic E-state index is 5.36. The quantitative estimate of drug-likeness (QED) is 0.760. The fourth-order valence-electron chi connectivity index (χ4n) is 2.21. The maximum Gasteiger partial charge on any atom is 0.0543 e. The Labute approximate surface area is 118 Å². The van der Waals surface area contributed by atoms with Crippen LogP contribution in [0.4, 0.5) is 0 Å². The molecular formula is C17H29NO. The van der Waals surface area contributed by atoms with Gasteiger partial charge >= 0.3 is 0 Å². The lowest BCUT2D eigenvalue weighted by molar-refractivity contribution is 0.106. The molecule has 0 spiro atoms. The first-order valence-electron chi connectivity index (χ1n) is 7.41. The van der Waals surface area contributed by atoms with Crippen LogP contribution in [-0.4, -0.2) is 19.8 Å². The molecule has 1 N–H and O–H groups in total. The van der Waals surface area contributed by atoms with Gasteiger partial charge in [0.25, 0.3) is 0 Å². The number of benzene rings is 1. The van der Waals surface area contributed by atoms with Crippen molar-refractivity contribution in [3.63, 3.8) is 0 Å². The molecule has 0 radical (unpaired) electrons. The van der Waals surface area contributed by atoms with E-state index in [0.29, 0.717) is 12.1 Å². The zero-order valence-electron chi connectivity index (χ0n) is 13.1. The van der Waals surface area contributed by atoms with Crippen LogP contribution in [0.1, 0.15) is 55.8 Å². The van der Waals surface area contributed by atoms with Crippen molar-refractivity contribution >= 4 is 0 Å². The minimum absolute atomic E-state index is 0.331. The molecule has 2 atom stereocenters. The molecule has 1 rings (SSSR count). The molecule has 0 saturated carbocycles. The monoisotopic (exact) mass is 263 g/mol. The van der Waals surface area contributed by atoms with Gasteiger partial charge in [-0.1, -0.05) is 25.1 Å². The van der Waals surface area contributed by atoms with E-state index in [0.717, 1.165) is 19.4 Å². The predicted molar refractivity (Wildman–Crippen MR) is 82.7 cm³/mol. The van der Waals surface area contributed by atoms with E-state index in [1.807, 2.05) is 0 Å². The topological polar surface area (TPSA) is 21.3 Å². The Hall–Kier alpha value is -0.860. The number of methoxy groups -OCH3 is 1. The lowest BCUT2D eigenvalue weighted by Crippen LogP contribution is -2.23. The van der Waals surface area contributed by atoms with E-state index >= 15 is 0 Å². The molecule has 2 unspecified atom stereocenters. The fraction of sp³-hybridized carbons (Fsp3) is 0.647. The van der Waals surface area contributed by atoms with Gasteiger partial charge in [0.2, 0.25) is 0 Å². The summed E-state index contributed by atoms with van der Waals surface area (Å²) in [6, 6.07) is 7.25. The summed E-state index contributed by atoms with van der Waals surface area (Å²) in [5, 5.41) is 3.66. The van der Waals surface area contributed by atoms with E-state index in [2.05, 4.69) is 51.2 Å².